The van der Waals surface area contributed by atoms with Crippen molar-refractivity contribution >= 4 is 40.0 Å². The molecular weight excluding hydrogens is 529 g/mol. The molecule has 0 radical (unpaired) electrons. The molecule has 31 heavy (non-hydrogen) atoms. The van der Waals surface area contributed by atoms with Gasteiger partial charge in [-0.1, -0.05) is 29.8 Å². The standard InChI is InChI=1S/C21H25N5O3S.HI/c1-3-23-21(24-12-16-6-10-19(11-7-16)30(22,27)28)25-13-18-14-29-20(26-18)17-8-4-15(2)5-9-17;/h4-11,14H,3,12-13H2,1-2H3,(H2,22,27,28)(H2,23,24,25);1H. The van der Waals surface area contributed by atoms with Crippen molar-refractivity contribution in [3.8, 4) is 11.5 Å². The van der Waals surface area contributed by atoms with Gasteiger partial charge >= 0.3 is 0 Å². The Hall–Kier alpha value is -2.44. The molecule has 0 amide bonds. The van der Waals surface area contributed by atoms with E-state index in [2.05, 4.69) is 20.6 Å². The predicted octanol–water partition coefficient (Wildman–Crippen LogP) is 3.17. The molecule has 8 nitrogen and oxygen atoms in total. The number of hydrogen-bond donors (Lipinski definition) is 3. The van der Waals surface area contributed by atoms with Crippen LogP contribution < -0.4 is 15.8 Å². The smallest absolute Gasteiger partial charge is 0.238 e. The largest absolute Gasteiger partial charge is 0.444 e. The zero-order valence-corrected chi connectivity index (χ0v) is 20.5. The van der Waals surface area contributed by atoms with E-state index in [4.69, 9.17) is 9.56 Å². The molecule has 1 heterocycles. The van der Waals surface area contributed by atoms with Gasteiger partial charge in [0.05, 0.1) is 23.7 Å². The average Bonchev–Trinajstić information content (AvgIpc) is 3.19. The van der Waals surface area contributed by atoms with E-state index in [1.807, 2.05) is 38.1 Å². The third-order valence-electron chi connectivity index (χ3n) is 4.30. The van der Waals surface area contributed by atoms with E-state index in [1.54, 1.807) is 18.4 Å². The normalized spacial score (nSPS) is 11.6. The molecule has 0 fully saturated rings. The highest BCUT2D eigenvalue weighted by Gasteiger charge is 2.08. The lowest BCUT2D eigenvalue weighted by Crippen LogP contribution is -2.36. The Labute approximate surface area is 199 Å². The number of rotatable bonds is 7. The number of oxazole rings is 1. The molecular formula is C21H26IN5O3S. The number of halogens is 1. The van der Waals surface area contributed by atoms with Crippen LogP contribution in [0.3, 0.4) is 0 Å². The van der Waals surface area contributed by atoms with Gasteiger partial charge in [0.1, 0.15) is 6.26 Å². The van der Waals surface area contributed by atoms with Gasteiger partial charge in [0.15, 0.2) is 5.96 Å². The van der Waals surface area contributed by atoms with E-state index in [0.717, 1.165) is 16.8 Å². The minimum Gasteiger partial charge on any atom is -0.444 e. The maximum atomic E-state index is 11.3. The molecule has 0 bridgehead atoms. The van der Waals surface area contributed by atoms with Crippen molar-refractivity contribution in [1.82, 2.24) is 15.6 Å². The Morgan fingerprint density at radius 2 is 1.77 bits per heavy atom. The summed E-state index contributed by atoms with van der Waals surface area (Å²) in [5, 5.41) is 11.5. The summed E-state index contributed by atoms with van der Waals surface area (Å²) in [6.45, 7) is 5.54. The maximum absolute atomic E-state index is 11.3. The summed E-state index contributed by atoms with van der Waals surface area (Å²) in [6, 6.07) is 14.3. The lowest BCUT2D eigenvalue weighted by Gasteiger charge is -2.10. The molecule has 0 aliphatic heterocycles. The highest BCUT2D eigenvalue weighted by molar-refractivity contribution is 14.0. The lowest BCUT2D eigenvalue weighted by molar-refractivity contribution is 0.572. The molecule has 2 aromatic carbocycles. The molecule has 10 heteroatoms. The molecule has 3 aromatic rings. The molecule has 4 N–H and O–H groups in total. The first-order valence-corrected chi connectivity index (χ1v) is 11.0. The lowest BCUT2D eigenvalue weighted by atomic mass is 10.1. The number of aromatic nitrogens is 1. The van der Waals surface area contributed by atoms with Gasteiger partial charge in [0.2, 0.25) is 15.9 Å². The number of guanidine groups is 1. The second-order valence-corrected chi connectivity index (χ2v) is 8.31. The fraction of sp³-hybridized carbons (Fsp3) is 0.238. The fourth-order valence-corrected chi connectivity index (χ4v) is 3.20. The Bertz CT molecular complexity index is 1110. The van der Waals surface area contributed by atoms with Gasteiger partial charge in [-0.15, -0.1) is 24.0 Å². The van der Waals surface area contributed by atoms with Crippen LogP contribution in [0.5, 0.6) is 0 Å². The molecule has 1 aromatic heterocycles. The number of nitrogens with two attached hydrogens (primary N) is 1. The second-order valence-electron chi connectivity index (χ2n) is 6.75. The van der Waals surface area contributed by atoms with E-state index in [9.17, 15) is 8.42 Å². The highest BCUT2D eigenvalue weighted by Crippen LogP contribution is 2.19. The van der Waals surface area contributed by atoms with Crippen LogP contribution >= 0.6 is 24.0 Å². The molecule has 3 rings (SSSR count). The van der Waals surface area contributed by atoms with Gasteiger partial charge in [-0.25, -0.2) is 23.5 Å². The quantitative estimate of drug-likeness (QED) is 0.234. The Kier molecular flexibility index (Phi) is 9.01. The zero-order chi connectivity index (χ0) is 21.6. The molecule has 0 atom stereocenters. The minimum atomic E-state index is -3.70. The van der Waals surface area contributed by atoms with E-state index >= 15 is 0 Å². The molecule has 0 unspecified atom stereocenters. The third kappa shape index (κ3) is 7.33. The first-order valence-electron chi connectivity index (χ1n) is 9.50. The summed E-state index contributed by atoms with van der Waals surface area (Å²) in [6.07, 6.45) is 1.62. The van der Waals surface area contributed by atoms with Crippen LogP contribution in [0.1, 0.15) is 23.7 Å². The van der Waals surface area contributed by atoms with Crippen molar-refractivity contribution in [1.29, 1.82) is 0 Å². The topological polar surface area (TPSA) is 123 Å². The van der Waals surface area contributed by atoms with E-state index < -0.39 is 10.0 Å². The van der Waals surface area contributed by atoms with Crippen LogP contribution in [0.25, 0.3) is 11.5 Å². The van der Waals surface area contributed by atoms with Gasteiger partial charge in [-0.3, -0.25) is 0 Å². The van der Waals surface area contributed by atoms with Crippen LogP contribution in [0.2, 0.25) is 0 Å². The van der Waals surface area contributed by atoms with Crippen molar-refractivity contribution < 1.29 is 12.8 Å². The summed E-state index contributed by atoms with van der Waals surface area (Å²) in [4.78, 5) is 9.11. The Morgan fingerprint density at radius 1 is 1.10 bits per heavy atom. The number of aryl methyl sites for hydroxylation is 1. The zero-order valence-electron chi connectivity index (χ0n) is 17.3. The number of hydrogen-bond acceptors (Lipinski definition) is 5. The van der Waals surface area contributed by atoms with Crippen LogP contribution in [-0.4, -0.2) is 25.9 Å². The van der Waals surface area contributed by atoms with Crippen LogP contribution in [0, 0.1) is 6.92 Å². The van der Waals surface area contributed by atoms with Crippen molar-refractivity contribution in [3.63, 3.8) is 0 Å². The summed E-state index contributed by atoms with van der Waals surface area (Å²) in [5.74, 6) is 1.19. The number of primary sulfonamides is 1. The first kappa shape index (κ1) is 24.8. The molecule has 0 saturated carbocycles. The molecule has 0 spiro atoms. The van der Waals surface area contributed by atoms with Crippen LogP contribution in [0.15, 0.2) is 69.1 Å². The van der Waals surface area contributed by atoms with E-state index in [1.165, 1.54) is 17.7 Å². The number of nitrogens with zero attached hydrogens (tertiary/aromatic N) is 2. The summed E-state index contributed by atoms with van der Waals surface area (Å²) >= 11 is 0. The SMILES string of the molecule is CCNC(=NCc1ccc(S(N)(=O)=O)cc1)NCc1coc(-c2ccc(C)cc2)n1.I. The molecule has 0 aliphatic carbocycles. The van der Waals surface area contributed by atoms with Crippen LogP contribution in [0.4, 0.5) is 0 Å². The second kappa shape index (κ2) is 11.3. The van der Waals surface area contributed by atoms with E-state index in [-0.39, 0.29) is 28.9 Å². The molecule has 0 saturated heterocycles. The van der Waals surface area contributed by atoms with Gasteiger partial charge in [-0.2, -0.15) is 0 Å². The number of aliphatic imine (C=N–C) groups is 1. The summed E-state index contributed by atoms with van der Waals surface area (Å²) < 4.78 is 28.3. The van der Waals surface area contributed by atoms with Crippen molar-refractivity contribution in [3.05, 3.63) is 71.6 Å². The van der Waals surface area contributed by atoms with Crippen molar-refractivity contribution in [2.75, 3.05) is 6.54 Å². The minimum absolute atomic E-state index is 0. The van der Waals surface area contributed by atoms with E-state index in [0.29, 0.717) is 31.5 Å². The molecule has 166 valence electrons. The first-order chi connectivity index (χ1) is 14.3. The van der Waals surface area contributed by atoms with Crippen molar-refractivity contribution in [2.45, 2.75) is 31.8 Å². The monoisotopic (exact) mass is 555 g/mol. The number of nitrogens with one attached hydrogen (secondary N) is 2. The number of benzene rings is 2. The summed E-state index contributed by atoms with van der Waals surface area (Å²) in [5.41, 5.74) is 3.73. The van der Waals surface area contributed by atoms with Gasteiger partial charge < -0.3 is 15.1 Å². The highest BCUT2D eigenvalue weighted by atomic mass is 127. The van der Waals surface area contributed by atoms with Gasteiger partial charge in [0, 0.05) is 12.1 Å². The predicted molar refractivity (Wildman–Crippen MR) is 132 cm³/mol. The third-order valence-corrected chi connectivity index (χ3v) is 5.23. The maximum Gasteiger partial charge on any atom is 0.238 e. The Balaban J connectivity index is 0.00000341. The van der Waals surface area contributed by atoms with Gasteiger partial charge in [0.25, 0.3) is 0 Å². The number of sulfonamides is 1. The fourth-order valence-electron chi connectivity index (χ4n) is 2.69. The van der Waals surface area contributed by atoms with Gasteiger partial charge in [-0.05, 0) is 43.7 Å². The summed E-state index contributed by atoms with van der Waals surface area (Å²) in [7, 11) is -3.70. The average molecular weight is 555 g/mol. The Morgan fingerprint density at radius 3 is 2.39 bits per heavy atom. The van der Waals surface area contributed by atoms with Crippen molar-refractivity contribution in [2.24, 2.45) is 10.1 Å². The van der Waals surface area contributed by atoms with Crippen LogP contribution in [-0.2, 0) is 23.1 Å². The molecule has 0 aliphatic rings.